The van der Waals surface area contributed by atoms with E-state index in [0.29, 0.717) is 5.92 Å². The molecule has 0 aliphatic heterocycles. The highest BCUT2D eigenvalue weighted by Gasteiger charge is 2.04. The van der Waals surface area contributed by atoms with Crippen molar-refractivity contribution in [2.24, 2.45) is 5.92 Å². The summed E-state index contributed by atoms with van der Waals surface area (Å²) in [6.45, 7) is 4.37. The molecule has 15 heavy (non-hydrogen) atoms. The van der Waals surface area contributed by atoms with Gasteiger partial charge in [-0.3, -0.25) is 4.98 Å². The first-order valence-electron chi connectivity index (χ1n) is 5.20. The molecule has 0 amide bonds. The van der Waals surface area contributed by atoms with E-state index in [0.717, 1.165) is 23.5 Å². The summed E-state index contributed by atoms with van der Waals surface area (Å²) in [4.78, 5) is 11.7. The van der Waals surface area contributed by atoms with Gasteiger partial charge in [0.05, 0.1) is 11.9 Å². The van der Waals surface area contributed by atoms with Gasteiger partial charge in [-0.1, -0.05) is 13.8 Å². The number of H-pyrrole nitrogens is 1. The zero-order valence-electron chi connectivity index (χ0n) is 9.07. The van der Waals surface area contributed by atoms with E-state index in [1.54, 1.807) is 6.20 Å². The molecule has 0 aromatic carbocycles. The molecular formula is C12H15N3. The Morgan fingerprint density at radius 1 is 1.33 bits per heavy atom. The fraction of sp³-hybridized carbons (Fsp3) is 0.333. The molecule has 2 rings (SSSR count). The Kier molecular flexibility index (Phi) is 2.81. The number of nitrogens with zero attached hydrogens (tertiary/aromatic N) is 2. The minimum Gasteiger partial charge on any atom is -0.342 e. The van der Waals surface area contributed by atoms with Crippen molar-refractivity contribution in [2.45, 2.75) is 20.3 Å². The molecule has 0 aliphatic rings. The lowest BCUT2D eigenvalue weighted by Crippen LogP contribution is -1.95. The highest BCUT2D eigenvalue weighted by atomic mass is 14.9. The molecule has 0 bridgehead atoms. The van der Waals surface area contributed by atoms with Gasteiger partial charge in [0.15, 0.2) is 0 Å². The zero-order valence-corrected chi connectivity index (χ0v) is 9.07. The van der Waals surface area contributed by atoms with E-state index in [4.69, 9.17) is 0 Å². The lowest BCUT2D eigenvalue weighted by molar-refractivity contribution is 0.626. The number of hydrogen-bond donors (Lipinski definition) is 1. The molecule has 2 heterocycles. The highest BCUT2D eigenvalue weighted by Crippen LogP contribution is 2.16. The lowest BCUT2D eigenvalue weighted by Gasteiger charge is -1.99. The number of imidazole rings is 1. The summed E-state index contributed by atoms with van der Waals surface area (Å²) in [5.41, 5.74) is 2.12. The van der Waals surface area contributed by atoms with Crippen molar-refractivity contribution in [3.05, 3.63) is 36.5 Å². The molecule has 0 saturated carbocycles. The average molecular weight is 201 g/mol. The fourth-order valence-corrected chi connectivity index (χ4v) is 1.52. The summed E-state index contributed by atoms with van der Waals surface area (Å²) >= 11 is 0. The number of aromatic amines is 1. The maximum absolute atomic E-state index is 4.35. The molecule has 0 saturated heterocycles. The molecule has 2 aromatic rings. The lowest BCUT2D eigenvalue weighted by atomic mass is 10.1. The molecule has 0 aliphatic carbocycles. The van der Waals surface area contributed by atoms with Gasteiger partial charge in [-0.25, -0.2) is 4.98 Å². The maximum atomic E-state index is 4.35. The second kappa shape index (κ2) is 4.26. The monoisotopic (exact) mass is 201 g/mol. The van der Waals surface area contributed by atoms with Gasteiger partial charge in [-0.15, -0.1) is 0 Å². The van der Waals surface area contributed by atoms with Crippen LogP contribution in [0.5, 0.6) is 0 Å². The van der Waals surface area contributed by atoms with Crippen molar-refractivity contribution in [1.29, 1.82) is 0 Å². The van der Waals surface area contributed by atoms with Crippen LogP contribution in [0.3, 0.4) is 0 Å². The number of nitrogens with one attached hydrogen (secondary N) is 1. The fourth-order valence-electron chi connectivity index (χ4n) is 1.52. The van der Waals surface area contributed by atoms with Gasteiger partial charge in [-0.05, 0) is 18.1 Å². The number of rotatable bonds is 3. The van der Waals surface area contributed by atoms with Crippen LogP contribution in [0.1, 0.15) is 19.7 Å². The van der Waals surface area contributed by atoms with Gasteiger partial charge in [0.1, 0.15) is 5.82 Å². The minimum absolute atomic E-state index is 0.623. The summed E-state index contributed by atoms with van der Waals surface area (Å²) in [5.74, 6) is 1.67. The second-order valence-electron chi connectivity index (χ2n) is 4.08. The molecule has 0 atom stereocenters. The van der Waals surface area contributed by atoms with Crippen molar-refractivity contribution >= 4 is 0 Å². The van der Waals surface area contributed by atoms with Crippen molar-refractivity contribution in [3.8, 4) is 11.3 Å². The SMILES string of the molecule is CC(C)Cc1ncc(-c2cccnc2)[nH]1. The van der Waals surface area contributed by atoms with Crippen LogP contribution in [-0.2, 0) is 6.42 Å². The Balaban J connectivity index is 2.21. The van der Waals surface area contributed by atoms with Gasteiger partial charge >= 0.3 is 0 Å². The molecule has 3 nitrogen and oxygen atoms in total. The summed E-state index contributed by atoms with van der Waals surface area (Å²) in [5, 5.41) is 0. The van der Waals surface area contributed by atoms with Crippen LogP contribution in [0.15, 0.2) is 30.7 Å². The van der Waals surface area contributed by atoms with Crippen molar-refractivity contribution in [2.75, 3.05) is 0 Å². The Morgan fingerprint density at radius 3 is 2.87 bits per heavy atom. The van der Waals surface area contributed by atoms with Gasteiger partial charge in [0.2, 0.25) is 0 Å². The van der Waals surface area contributed by atoms with Gasteiger partial charge in [0.25, 0.3) is 0 Å². The predicted octanol–water partition coefficient (Wildman–Crippen LogP) is 2.67. The summed E-state index contributed by atoms with van der Waals surface area (Å²) in [7, 11) is 0. The van der Waals surface area contributed by atoms with E-state index in [2.05, 4.69) is 28.8 Å². The van der Waals surface area contributed by atoms with Crippen LogP contribution in [0, 0.1) is 5.92 Å². The zero-order chi connectivity index (χ0) is 10.7. The third-order valence-corrected chi connectivity index (χ3v) is 2.20. The standard InChI is InChI=1S/C12H15N3/c1-9(2)6-12-14-8-11(15-12)10-4-3-5-13-7-10/h3-5,7-9H,6H2,1-2H3,(H,14,15). The molecule has 0 radical (unpaired) electrons. The van der Waals surface area contributed by atoms with Gasteiger partial charge < -0.3 is 4.98 Å². The summed E-state index contributed by atoms with van der Waals surface area (Å²) in [6, 6.07) is 3.96. The number of hydrogen-bond acceptors (Lipinski definition) is 2. The van der Waals surface area contributed by atoms with Gasteiger partial charge in [-0.2, -0.15) is 0 Å². The van der Waals surface area contributed by atoms with E-state index in [-0.39, 0.29) is 0 Å². The van der Waals surface area contributed by atoms with Crippen LogP contribution < -0.4 is 0 Å². The molecular weight excluding hydrogens is 186 g/mol. The van der Waals surface area contributed by atoms with Crippen molar-refractivity contribution < 1.29 is 0 Å². The van der Waals surface area contributed by atoms with Crippen LogP contribution in [0.4, 0.5) is 0 Å². The third kappa shape index (κ3) is 2.43. The first-order chi connectivity index (χ1) is 7.25. The van der Waals surface area contributed by atoms with Gasteiger partial charge in [0, 0.05) is 24.4 Å². The summed E-state index contributed by atoms with van der Waals surface area (Å²) < 4.78 is 0. The molecule has 0 fully saturated rings. The topological polar surface area (TPSA) is 41.6 Å². The first kappa shape index (κ1) is 9.90. The molecule has 0 spiro atoms. The molecule has 2 aromatic heterocycles. The van der Waals surface area contributed by atoms with E-state index in [1.165, 1.54) is 0 Å². The second-order valence-corrected chi connectivity index (χ2v) is 4.08. The average Bonchev–Trinajstić information content (AvgIpc) is 2.67. The van der Waals surface area contributed by atoms with E-state index in [9.17, 15) is 0 Å². The maximum Gasteiger partial charge on any atom is 0.106 e. The van der Waals surface area contributed by atoms with Crippen molar-refractivity contribution in [1.82, 2.24) is 15.0 Å². The molecule has 0 unspecified atom stereocenters. The van der Waals surface area contributed by atoms with E-state index < -0.39 is 0 Å². The van der Waals surface area contributed by atoms with E-state index >= 15 is 0 Å². The van der Waals surface area contributed by atoms with Crippen LogP contribution in [0.2, 0.25) is 0 Å². The molecule has 78 valence electrons. The van der Waals surface area contributed by atoms with Crippen LogP contribution >= 0.6 is 0 Å². The normalized spacial score (nSPS) is 10.9. The Labute approximate surface area is 89.6 Å². The summed E-state index contributed by atoms with van der Waals surface area (Å²) in [6.07, 6.45) is 6.47. The first-order valence-corrected chi connectivity index (χ1v) is 5.20. The third-order valence-electron chi connectivity index (χ3n) is 2.20. The van der Waals surface area contributed by atoms with E-state index in [1.807, 2.05) is 24.5 Å². The van der Waals surface area contributed by atoms with Crippen LogP contribution in [0.25, 0.3) is 11.3 Å². The quantitative estimate of drug-likeness (QED) is 0.829. The predicted molar refractivity (Wildman–Crippen MR) is 60.4 cm³/mol. The smallest absolute Gasteiger partial charge is 0.106 e. The molecule has 1 N–H and O–H groups in total. The largest absolute Gasteiger partial charge is 0.342 e. The Morgan fingerprint density at radius 2 is 2.20 bits per heavy atom. The number of aromatic nitrogens is 3. The van der Waals surface area contributed by atoms with Crippen LogP contribution in [-0.4, -0.2) is 15.0 Å². The minimum atomic E-state index is 0.623. The highest BCUT2D eigenvalue weighted by molar-refractivity contribution is 5.56. The Hall–Kier alpha value is -1.64. The van der Waals surface area contributed by atoms with Crippen molar-refractivity contribution in [3.63, 3.8) is 0 Å². The molecule has 3 heteroatoms. The number of pyridine rings is 1. The Bertz CT molecular complexity index is 417.